The van der Waals surface area contributed by atoms with E-state index in [1.165, 1.54) is 0 Å². The molecule has 1 fully saturated rings. The van der Waals surface area contributed by atoms with Gasteiger partial charge in [-0.05, 0) is 63.1 Å². The van der Waals surface area contributed by atoms with E-state index < -0.39 is 18.1 Å². The van der Waals surface area contributed by atoms with Crippen LogP contribution in [0.3, 0.4) is 0 Å². The Morgan fingerprint density at radius 1 is 1.26 bits per heavy atom. The summed E-state index contributed by atoms with van der Waals surface area (Å²) in [4.78, 5) is 27.5. The number of carbonyl (C=O) groups is 2. The number of carboxylic acid groups (broad SMARTS) is 1. The van der Waals surface area contributed by atoms with Crippen molar-refractivity contribution in [3.8, 4) is 0 Å². The minimum Gasteiger partial charge on any atom is -0.480 e. The van der Waals surface area contributed by atoms with E-state index in [0.29, 0.717) is 37.1 Å². The first-order chi connectivity index (χ1) is 16.5. The van der Waals surface area contributed by atoms with Crippen molar-refractivity contribution in [1.29, 1.82) is 0 Å². The number of rotatable bonds is 14. The largest absolute Gasteiger partial charge is 0.480 e. The average molecular weight is 522 g/mol. The van der Waals surface area contributed by atoms with Gasteiger partial charge in [0.1, 0.15) is 6.04 Å². The summed E-state index contributed by atoms with van der Waals surface area (Å²) in [5, 5.41) is 15.8. The molecule has 0 aromatic heterocycles. The average Bonchev–Trinajstić information content (AvgIpc) is 3.07. The van der Waals surface area contributed by atoms with E-state index in [1.807, 2.05) is 48.3 Å². The van der Waals surface area contributed by atoms with Crippen LogP contribution in [-0.4, -0.2) is 76.2 Å². The number of likely N-dealkylation sites (N-methyl/N-ethyl adjacent to an activating group) is 1. The van der Waals surface area contributed by atoms with E-state index in [9.17, 15) is 14.7 Å². The summed E-state index contributed by atoms with van der Waals surface area (Å²) >= 11 is 3.55. The van der Waals surface area contributed by atoms with Gasteiger partial charge < -0.3 is 15.7 Å². The normalized spacial score (nSPS) is 20.7. The number of nitrogens with one attached hydrogen (secondary N) is 2. The summed E-state index contributed by atoms with van der Waals surface area (Å²) in [5.74, 6) is 1.16. The van der Waals surface area contributed by atoms with Crippen LogP contribution >= 0.6 is 23.5 Å². The molecule has 1 aliphatic heterocycles. The maximum atomic E-state index is 13.2. The summed E-state index contributed by atoms with van der Waals surface area (Å²) < 4.78 is 0. The Hall–Kier alpha value is -1.48. The number of thioether (sulfide) groups is 2. The smallest absolute Gasteiger partial charge is 0.326 e. The molecule has 2 unspecified atom stereocenters. The van der Waals surface area contributed by atoms with Crippen molar-refractivity contribution in [2.24, 2.45) is 11.8 Å². The number of carboxylic acids is 1. The number of aliphatic carboxylic acids is 1. The van der Waals surface area contributed by atoms with Gasteiger partial charge in [0.15, 0.2) is 0 Å². The van der Waals surface area contributed by atoms with E-state index in [1.54, 1.807) is 11.8 Å². The first-order valence-corrected chi connectivity index (χ1v) is 14.8. The van der Waals surface area contributed by atoms with Crippen molar-refractivity contribution in [2.45, 2.75) is 63.5 Å². The Labute approximate surface area is 220 Å². The van der Waals surface area contributed by atoms with Crippen molar-refractivity contribution < 1.29 is 14.7 Å². The zero-order valence-electron chi connectivity index (χ0n) is 22.0. The van der Waals surface area contributed by atoms with Gasteiger partial charge in [0.25, 0.3) is 0 Å². The lowest BCUT2D eigenvalue weighted by Gasteiger charge is -2.29. The number of hydrogen-bond acceptors (Lipinski definition) is 6. The molecule has 1 amide bonds. The van der Waals surface area contributed by atoms with Crippen molar-refractivity contribution in [3.05, 3.63) is 48.0 Å². The molecule has 1 heterocycles. The highest BCUT2D eigenvalue weighted by molar-refractivity contribution is 8.00. The van der Waals surface area contributed by atoms with Gasteiger partial charge in [0.2, 0.25) is 5.91 Å². The maximum absolute atomic E-state index is 13.2. The van der Waals surface area contributed by atoms with Gasteiger partial charge in [-0.1, -0.05) is 56.3 Å². The minimum atomic E-state index is -0.990. The standard InChI is InChI=1S/C27H43N3O3S2/c1-19(2)21(12-13-22-18-35-27(3,4)30(22)5)17-28-24(16-20-10-8-7-9-11-20)25(31)29-23(26(32)33)14-15-34-6/h7-13,19,21-24,28H,14-18H2,1-6H3,(H,29,31)(H,32,33)/b13-12+/t21-,22?,23+,24?/m1/s1. The second kappa shape index (κ2) is 14.3. The van der Waals surface area contributed by atoms with Gasteiger partial charge in [-0.2, -0.15) is 11.8 Å². The Morgan fingerprint density at radius 2 is 1.94 bits per heavy atom. The zero-order chi connectivity index (χ0) is 26.0. The van der Waals surface area contributed by atoms with Crippen LogP contribution in [0.4, 0.5) is 0 Å². The molecule has 0 radical (unpaired) electrons. The van der Waals surface area contributed by atoms with Gasteiger partial charge in [0, 0.05) is 18.3 Å². The molecule has 0 bridgehead atoms. The number of benzene rings is 1. The third-order valence-corrected chi connectivity index (χ3v) is 8.96. The summed E-state index contributed by atoms with van der Waals surface area (Å²) in [7, 11) is 2.17. The van der Waals surface area contributed by atoms with Crippen molar-refractivity contribution >= 4 is 35.4 Å². The monoisotopic (exact) mass is 521 g/mol. The molecule has 4 atom stereocenters. The third kappa shape index (κ3) is 9.48. The summed E-state index contributed by atoms with van der Waals surface area (Å²) in [5.41, 5.74) is 1.04. The second-order valence-corrected chi connectivity index (χ2v) is 12.7. The second-order valence-electron chi connectivity index (χ2n) is 10.1. The predicted octanol–water partition coefficient (Wildman–Crippen LogP) is 4.12. The lowest BCUT2D eigenvalue weighted by atomic mass is 9.93. The molecule has 8 heteroatoms. The van der Waals surface area contributed by atoms with Gasteiger partial charge in [-0.3, -0.25) is 9.69 Å². The predicted molar refractivity (Wildman–Crippen MR) is 150 cm³/mol. The lowest BCUT2D eigenvalue weighted by Crippen LogP contribution is -2.52. The third-order valence-electron chi connectivity index (χ3n) is 6.82. The molecule has 0 spiro atoms. The Bertz CT molecular complexity index is 832. The number of hydrogen-bond donors (Lipinski definition) is 3. The van der Waals surface area contributed by atoms with E-state index in [4.69, 9.17) is 0 Å². The van der Waals surface area contributed by atoms with Gasteiger partial charge in [0.05, 0.1) is 10.9 Å². The molecule has 35 heavy (non-hydrogen) atoms. The molecule has 1 aliphatic rings. The number of amides is 1. The molecule has 2 rings (SSSR count). The van der Waals surface area contributed by atoms with Gasteiger partial charge in [-0.15, -0.1) is 11.8 Å². The molecule has 1 aromatic carbocycles. The van der Waals surface area contributed by atoms with Crippen LogP contribution in [0.2, 0.25) is 0 Å². The van der Waals surface area contributed by atoms with Crippen LogP contribution in [-0.2, 0) is 16.0 Å². The van der Waals surface area contributed by atoms with Crippen molar-refractivity contribution in [2.75, 3.05) is 31.4 Å². The quantitative estimate of drug-likeness (QED) is 0.318. The van der Waals surface area contributed by atoms with Crippen LogP contribution in [0.15, 0.2) is 42.5 Å². The Balaban J connectivity index is 2.11. The molecule has 0 aliphatic carbocycles. The van der Waals surface area contributed by atoms with Gasteiger partial charge >= 0.3 is 5.97 Å². The fraction of sp³-hybridized carbons (Fsp3) is 0.630. The van der Waals surface area contributed by atoms with E-state index >= 15 is 0 Å². The van der Waals surface area contributed by atoms with Crippen molar-refractivity contribution in [3.63, 3.8) is 0 Å². The number of nitrogens with zero attached hydrogens (tertiary/aromatic N) is 1. The molecule has 1 aromatic rings. The van der Waals surface area contributed by atoms with Gasteiger partial charge in [-0.25, -0.2) is 4.79 Å². The topological polar surface area (TPSA) is 81.7 Å². The van der Waals surface area contributed by atoms with Crippen LogP contribution in [0.25, 0.3) is 0 Å². The Kier molecular flexibility index (Phi) is 12.2. The van der Waals surface area contributed by atoms with Crippen LogP contribution in [0.5, 0.6) is 0 Å². The van der Waals surface area contributed by atoms with Crippen LogP contribution < -0.4 is 10.6 Å². The summed E-state index contributed by atoms with van der Waals surface area (Å²) in [6.45, 7) is 9.55. The Morgan fingerprint density at radius 3 is 2.49 bits per heavy atom. The lowest BCUT2D eigenvalue weighted by molar-refractivity contribution is -0.142. The first-order valence-electron chi connectivity index (χ1n) is 12.4. The van der Waals surface area contributed by atoms with E-state index in [0.717, 1.165) is 11.3 Å². The zero-order valence-corrected chi connectivity index (χ0v) is 23.6. The summed E-state index contributed by atoms with van der Waals surface area (Å²) in [6.07, 6.45) is 7.44. The van der Waals surface area contributed by atoms with Crippen LogP contribution in [0, 0.1) is 11.8 Å². The summed E-state index contributed by atoms with van der Waals surface area (Å²) in [6, 6.07) is 8.88. The molecule has 3 N–H and O–H groups in total. The molecule has 0 saturated carbocycles. The fourth-order valence-electron chi connectivity index (χ4n) is 4.03. The van der Waals surface area contributed by atoms with Crippen molar-refractivity contribution in [1.82, 2.24) is 15.5 Å². The molecule has 6 nitrogen and oxygen atoms in total. The molecule has 196 valence electrons. The maximum Gasteiger partial charge on any atom is 0.326 e. The fourth-order valence-corrected chi connectivity index (χ4v) is 5.76. The highest BCUT2D eigenvalue weighted by Gasteiger charge is 2.36. The SMILES string of the molecule is CSCC[C@H](NC(=O)C(Cc1ccccc1)NC[C@@H](/C=C/C1CSC(C)(C)N1C)C(C)C)C(=O)O. The molecular formula is C27H43N3O3S2. The highest BCUT2D eigenvalue weighted by atomic mass is 32.2. The van der Waals surface area contributed by atoms with E-state index in [2.05, 4.69) is 62.4 Å². The van der Waals surface area contributed by atoms with Crippen LogP contribution in [0.1, 0.15) is 39.7 Å². The molecular weight excluding hydrogens is 478 g/mol. The molecule has 1 saturated heterocycles. The minimum absolute atomic E-state index is 0.135. The first kappa shape index (κ1) is 29.7. The highest BCUT2D eigenvalue weighted by Crippen LogP contribution is 2.37. The number of carbonyl (C=O) groups excluding carboxylic acids is 1. The van der Waals surface area contributed by atoms with E-state index in [-0.39, 0.29) is 16.7 Å².